The van der Waals surface area contributed by atoms with Crippen LogP contribution in [0.4, 0.5) is 5.82 Å². The summed E-state index contributed by atoms with van der Waals surface area (Å²) in [6.45, 7) is 0.668. The summed E-state index contributed by atoms with van der Waals surface area (Å²) in [5.74, 6) is 0.836. The van der Waals surface area contributed by atoms with Gasteiger partial charge in [-0.05, 0) is 23.8 Å². The summed E-state index contributed by atoms with van der Waals surface area (Å²) < 4.78 is 0. The molecule has 2 rings (SSSR count). The summed E-state index contributed by atoms with van der Waals surface area (Å²) in [4.78, 5) is 8.32. The fourth-order valence-corrected chi connectivity index (χ4v) is 1.62. The van der Waals surface area contributed by atoms with Crippen LogP contribution in [0.25, 0.3) is 0 Å². The predicted octanol–water partition coefficient (Wildman–Crippen LogP) is 2.66. The van der Waals surface area contributed by atoms with E-state index in [1.807, 2.05) is 35.7 Å². The van der Waals surface area contributed by atoms with Gasteiger partial charge in [0.1, 0.15) is 16.2 Å². The maximum Gasteiger partial charge on any atom is 0.140 e. The van der Waals surface area contributed by atoms with E-state index in [0.29, 0.717) is 11.6 Å². The second-order valence-corrected chi connectivity index (χ2v) is 4.07. The first-order chi connectivity index (χ1) is 8.38. The van der Waals surface area contributed by atoms with Crippen molar-refractivity contribution in [2.75, 3.05) is 5.32 Å². The lowest BCUT2D eigenvalue weighted by atomic mass is 10.3. The molecule has 0 unspecified atom stereocenters. The van der Waals surface area contributed by atoms with Crippen LogP contribution in [0.15, 0.2) is 47.8 Å². The topological polar surface area (TPSA) is 61.6 Å². The summed E-state index contributed by atoms with van der Waals surface area (Å²) in [6, 6.07) is 9.50. The highest BCUT2D eigenvalue weighted by Gasteiger charge is 1.97. The van der Waals surface area contributed by atoms with Crippen molar-refractivity contribution in [3.8, 4) is 5.40 Å². The van der Waals surface area contributed by atoms with Crippen LogP contribution in [0, 0.1) is 10.7 Å². The summed E-state index contributed by atoms with van der Waals surface area (Å²) in [5.41, 5.74) is 1.05. The van der Waals surface area contributed by atoms with Crippen molar-refractivity contribution in [1.29, 1.82) is 5.26 Å². The standard InChI is InChI=1S/C12H10N4S/c13-9-17-12-5-4-10(8-16-12)7-15-11-3-1-2-6-14-11/h1-6,8H,7H2,(H,14,15). The van der Waals surface area contributed by atoms with Gasteiger partial charge in [-0.2, -0.15) is 5.26 Å². The van der Waals surface area contributed by atoms with E-state index in [-0.39, 0.29) is 0 Å². The Morgan fingerprint density at radius 2 is 2.18 bits per heavy atom. The van der Waals surface area contributed by atoms with Crippen molar-refractivity contribution in [3.05, 3.63) is 48.3 Å². The summed E-state index contributed by atoms with van der Waals surface area (Å²) in [7, 11) is 0. The number of pyridine rings is 2. The van der Waals surface area contributed by atoms with Crippen LogP contribution in [0.2, 0.25) is 0 Å². The highest BCUT2D eigenvalue weighted by molar-refractivity contribution is 8.03. The molecule has 0 saturated carbocycles. The SMILES string of the molecule is N#CSc1ccc(CNc2ccccn2)cn1. The first kappa shape index (κ1) is 11.4. The van der Waals surface area contributed by atoms with Gasteiger partial charge >= 0.3 is 0 Å². The fraction of sp³-hybridized carbons (Fsp3) is 0.0833. The van der Waals surface area contributed by atoms with Gasteiger partial charge in [-0.1, -0.05) is 12.1 Å². The lowest BCUT2D eigenvalue weighted by Crippen LogP contribution is -2.01. The van der Waals surface area contributed by atoms with Gasteiger partial charge in [0.25, 0.3) is 0 Å². The van der Waals surface area contributed by atoms with Crippen molar-refractivity contribution < 1.29 is 0 Å². The van der Waals surface area contributed by atoms with E-state index in [9.17, 15) is 0 Å². The molecule has 0 fully saturated rings. The molecule has 5 heteroatoms. The molecule has 0 aliphatic carbocycles. The van der Waals surface area contributed by atoms with Gasteiger partial charge < -0.3 is 5.32 Å². The quantitative estimate of drug-likeness (QED) is 0.659. The fourth-order valence-electron chi connectivity index (χ4n) is 1.28. The largest absolute Gasteiger partial charge is 0.366 e. The van der Waals surface area contributed by atoms with Gasteiger partial charge in [0.2, 0.25) is 0 Å². The molecule has 0 aromatic carbocycles. The molecule has 0 saturated heterocycles. The smallest absolute Gasteiger partial charge is 0.140 e. The van der Waals surface area contributed by atoms with E-state index < -0.39 is 0 Å². The number of thiocyanates is 1. The molecule has 17 heavy (non-hydrogen) atoms. The summed E-state index contributed by atoms with van der Waals surface area (Å²) >= 11 is 1.06. The second kappa shape index (κ2) is 5.87. The highest BCUT2D eigenvalue weighted by Crippen LogP contribution is 2.13. The average Bonchev–Trinajstić information content (AvgIpc) is 2.40. The molecule has 0 aliphatic rings. The molecule has 0 bridgehead atoms. The molecule has 0 atom stereocenters. The third-order valence-corrected chi connectivity index (χ3v) is 2.63. The maximum atomic E-state index is 8.49. The van der Waals surface area contributed by atoms with Crippen LogP contribution in [0.5, 0.6) is 0 Å². The lowest BCUT2D eigenvalue weighted by Gasteiger charge is -2.04. The summed E-state index contributed by atoms with van der Waals surface area (Å²) in [5, 5.41) is 14.4. The number of thioether (sulfide) groups is 1. The Morgan fingerprint density at radius 1 is 1.24 bits per heavy atom. The van der Waals surface area contributed by atoms with Crippen LogP contribution >= 0.6 is 11.8 Å². The first-order valence-corrected chi connectivity index (χ1v) is 5.86. The molecular weight excluding hydrogens is 232 g/mol. The Balaban J connectivity index is 1.94. The third kappa shape index (κ3) is 3.47. The number of nitrogens with one attached hydrogen (secondary N) is 1. The molecule has 2 aromatic heterocycles. The first-order valence-electron chi connectivity index (χ1n) is 5.04. The van der Waals surface area contributed by atoms with Crippen LogP contribution in [-0.2, 0) is 6.54 Å². The van der Waals surface area contributed by atoms with Crippen LogP contribution < -0.4 is 5.32 Å². The summed E-state index contributed by atoms with van der Waals surface area (Å²) in [6.07, 6.45) is 3.50. The third-order valence-electron chi connectivity index (χ3n) is 2.09. The van der Waals surface area contributed by atoms with Crippen LogP contribution in [0.3, 0.4) is 0 Å². The van der Waals surface area contributed by atoms with Gasteiger partial charge in [0, 0.05) is 30.7 Å². The predicted molar refractivity (Wildman–Crippen MR) is 67.3 cm³/mol. The minimum absolute atomic E-state index is 0.668. The Bertz CT molecular complexity index is 504. The van der Waals surface area contributed by atoms with Crippen molar-refractivity contribution in [3.63, 3.8) is 0 Å². The Morgan fingerprint density at radius 3 is 2.82 bits per heavy atom. The minimum Gasteiger partial charge on any atom is -0.366 e. The van der Waals surface area contributed by atoms with Crippen LogP contribution in [-0.4, -0.2) is 9.97 Å². The molecule has 1 N–H and O–H groups in total. The van der Waals surface area contributed by atoms with Gasteiger partial charge in [0.05, 0.1) is 0 Å². The molecule has 2 heterocycles. The number of nitrogens with zero attached hydrogens (tertiary/aromatic N) is 3. The second-order valence-electron chi connectivity index (χ2n) is 3.27. The van der Waals surface area contributed by atoms with E-state index in [1.54, 1.807) is 12.4 Å². The molecule has 84 valence electrons. The molecule has 0 radical (unpaired) electrons. The van der Waals surface area contributed by atoms with Gasteiger partial charge in [-0.3, -0.25) is 0 Å². The lowest BCUT2D eigenvalue weighted by molar-refractivity contribution is 1.04. The minimum atomic E-state index is 0.668. The van der Waals surface area contributed by atoms with E-state index in [4.69, 9.17) is 5.26 Å². The zero-order valence-corrected chi connectivity index (χ0v) is 9.81. The molecule has 0 spiro atoms. The van der Waals surface area contributed by atoms with Crippen molar-refractivity contribution in [1.82, 2.24) is 9.97 Å². The number of aromatic nitrogens is 2. The Hall–Kier alpha value is -2.06. The van der Waals surface area contributed by atoms with Gasteiger partial charge in [-0.25, -0.2) is 9.97 Å². The van der Waals surface area contributed by atoms with Crippen LogP contribution in [0.1, 0.15) is 5.56 Å². The number of hydrogen-bond donors (Lipinski definition) is 1. The zero-order chi connectivity index (χ0) is 11.9. The molecule has 4 nitrogen and oxygen atoms in total. The number of hydrogen-bond acceptors (Lipinski definition) is 5. The van der Waals surface area contributed by atoms with E-state index in [0.717, 1.165) is 23.1 Å². The molecule has 0 aliphatic heterocycles. The van der Waals surface area contributed by atoms with Crippen molar-refractivity contribution >= 4 is 17.6 Å². The Labute approximate surface area is 104 Å². The van der Waals surface area contributed by atoms with Crippen molar-refractivity contribution in [2.45, 2.75) is 11.6 Å². The van der Waals surface area contributed by atoms with E-state index in [2.05, 4.69) is 15.3 Å². The average molecular weight is 242 g/mol. The number of rotatable bonds is 4. The van der Waals surface area contributed by atoms with Crippen molar-refractivity contribution in [2.24, 2.45) is 0 Å². The molecule has 0 amide bonds. The van der Waals surface area contributed by atoms with Gasteiger partial charge in [0.15, 0.2) is 0 Å². The van der Waals surface area contributed by atoms with E-state index in [1.165, 1.54) is 0 Å². The highest BCUT2D eigenvalue weighted by atomic mass is 32.2. The number of anilines is 1. The normalized spacial score (nSPS) is 9.59. The Kier molecular flexibility index (Phi) is 3.95. The maximum absolute atomic E-state index is 8.49. The van der Waals surface area contributed by atoms with E-state index >= 15 is 0 Å². The number of nitriles is 1. The molecule has 2 aromatic rings. The monoisotopic (exact) mass is 242 g/mol. The zero-order valence-electron chi connectivity index (χ0n) is 9.00. The molecular formula is C12H10N4S. The van der Waals surface area contributed by atoms with Gasteiger partial charge in [-0.15, -0.1) is 0 Å².